The second kappa shape index (κ2) is 5.12. The second-order valence-corrected chi connectivity index (χ2v) is 4.20. The normalized spacial score (nSPS) is 19.4. The van der Waals surface area contributed by atoms with Gasteiger partial charge in [0, 0.05) is 5.92 Å². The van der Waals surface area contributed by atoms with Gasteiger partial charge in [-0.25, -0.2) is 4.98 Å². The monoisotopic (exact) mass is 236 g/mol. The van der Waals surface area contributed by atoms with Gasteiger partial charge in [-0.05, 0) is 31.4 Å². The lowest BCUT2D eigenvalue weighted by Gasteiger charge is -2.16. The Kier molecular flexibility index (Phi) is 3.57. The maximum Gasteiger partial charge on any atom is 0.228 e. The van der Waals surface area contributed by atoms with Crippen molar-refractivity contribution >= 4 is 23.3 Å². The van der Waals surface area contributed by atoms with Crippen molar-refractivity contribution in [2.75, 3.05) is 5.32 Å². The Morgan fingerprint density at radius 2 is 2.31 bits per heavy atom. The fourth-order valence-corrected chi connectivity index (χ4v) is 1.90. The molecule has 1 heterocycles. The molecule has 3 nitrogen and oxygen atoms in total. The number of carbonyl (C=O) groups excluding carboxylic acids is 1. The van der Waals surface area contributed by atoms with E-state index in [2.05, 4.69) is 22.5 Å². The molecule has 1 aromatic rings. The van der Waals surface area contributed by atoms with Crippen molar-refractivity contribution in [2.24, 2.45) is 5.92 Å². The Balaban J connectivity index is 1.99. The van der Waals surface area contributed by atoms with E-state index in [1.165, 1.54) is 0 Å². The van der Waals surface area contributed by atoms with Crippen LogP contribution in [0.4, 0.5) is 5.82 Å². The first-order valence-corrected chi connectivity index (χ1v) is 5.72. The van der Waals surface area contributed by atoms with Crippen LogP contribution >= 0.6 is 11.6 Å². The second-order valence-electron chi connectivity index (χ2n) is 3.82. The number of aromatic nitrogens is 1. The number of carbonyl (C=O) groups is 1. The van der Waals surface area contributed by atoms with E-state index < -0.39 is 0 Å². The highest BCUT2D eigenvalue weighted by molar-refractivity contribution is 6.29. The first-order chi connectivity index (χ1) is 7.75. The molecule has 1 N–H and O–H groups in total. The van der Waals surface area contributed by atoms with Crippen molar-refractivity contribution in [3.63, 3.8) is 0 Å². The third kappa shape index (κ3) is 2.83. The van der Waals surface area contributed by atoms with Crippen LogP contribution in [-0.2, 0) is 4.79 Å². The number of rotatable bonds is 2. The van der Waals surface area contributed by atoms with E-state index in [4.69, 9.17) is 11.6 Å². The Labute approximate surface area is 99.5 Å². The van der Waals surface area contributed by atoms with Crippen LogP contribution < -0.4 is 5.32 Å². The first kappa shape index (κ1) is 11.1. The van der Waals surface area contributed by atoms with Crippen LogP contribution in [0.1, 0.15) is 19.3 Å². The third-order valence-electron chi connectivity index (χ3n) is 2.61. The number of anilines is 1. The van der Waals surface area contributed by atoms with Gasteiger partial charge in [-0.1, -0.05) is 29.8 Å². The molecule has 1 aliphatic carbocycles. The molecule has 1 unspecified atom stereocenters. The predicted octanol–water partition coefficient (Wildman–Crippen LogP) is 3.03. The van der Waals surface area contributed by atoms with Gasteiger partial charge in [0.2, 0.25) is 5.91 Å². The minimum absolute atomic E-state index is 0.0270. The summed E-state index contributed by atoms with van der Waals surface area (Å²) in [5.74, 6) is 0.608. The van der Waals surface area contributed by atoms with Crippen molar-refractivity contribution in [1.82, 2.24) is 4.98 Å². The lowest BCUT2D eigenvalue weighted by molar-refractivity contribution is -0.120. The molecule has 0 saturated carbocycles. The van der Waals surface area contributed by atoms with Crippen molar-refractivity contribution < 1.29 is 4.79 Å². The van der Waals surface area contributed by atoms with Crippen LogP contribution in [0.25, 0.3) is 0 Å². The zero-order chi connectivity index (χ0) is 11.4. The van der Waals surface area contributed by atoms with E-state index >= 15 is 0 Å². The van der Waals surface area contributed by atoms with Gasteiger partial charge < -0.3 is 5.32 Å². The molecule has 16 heavy (non-hydrogen) atoms. The lowest BCUT2D eigenvalue weighted by Crippen LogP contribution is -2.23. The summed E-state index contributed by atoms with van der Waals surface area (Å²) in [4.78, 5) is 15.9. The minimum Gasteiger partial charge on any atom is -0.310 e. The van der Waals surface area contributed by atoms with Gasteiger partial charge in [0.05, 0.1) is 0 Å². The highest BCUT2D eigenvalue weighted by Crippen LogP contribution is 2.20. The average Bonchev–Trinajstić information content (AvgIpc) is 2.30. The summed E-state index contributed by atoms with van der Waals surface area (Å²) in [6.07, 6.45) is 6.86. The number of nitrogens with zero attached hydrogens (tertiary/aromatic N) is 1. The molecule has 0 radical (unpaired) electrons. The molecule has 2 rings (SSSR count). The number of amides is 1. The minimum atomic E-state index is 0.0270. The molecular formula is C12H13ClN2O. The molecule has 4 heteroatoms. The van der Waals surface area contributed by atoms with Crippen molar-refractivity contribution in [3.8, 4) is 0 Å². The molecule has 0 bridgehead atoms. The van der Waals surface area contributed by atoms with Crippen LogP contribution in [0, 0.1) is 5.92 Å². The largest absolute Gasteiger partial charge is 0.310 e. The molecule has 0 saturated heterocycles. The summed E-state index contributed by atoms with van der Waals surface area (Å²) in [5, 5.41) is 3.17. The van der Waals surface area contributed by atoms with Crippen LogP contribution in [0.2, 0.25) is 5.15 Å². The molecule has 0 spiro atoms. The Hall–Kier alpha value is -1.35. The van der Waals surface area contributed by atoms with Crippen molar-refractivity contribution in [3.05, 3.63) is 35.5 Å². The van der Waals surface area contributed by atoms with E-state index in [1.807, 2.05) is 0 Å². The van der Waals surface area contributed by atoms with Gasteiger partial charge in [0.15, 0.2) is 0 Å². The third-order valence-corrected chi connectivity index (χ3v) is 2.82. The highest BCUT2D eigenvalue weighted by atomic mass is 35.5. The zero-order valence-corrected chi connectivity index (χ0v) is 9.57. The smallest absolute Gasteiger partial charge is 0.228 e. The standard InChI is InChI=1S/C12H13ClN2O/c13-10-7-4-8-11(14-10)15-12(16)9-5-2-1-3-6-9/h1-2,4,7-9H,3,5-6H2,(H,14,15,16). The topological polar surface area (TPSA) is 42.0 Å². The average molecular weight is 237 g/mol. The predicted molar refractivity (Wildman–Crippen MR) is 64.4 cm³/mol. The first-order valence-electron chi connectivity index (χ1n) is 5.34. The molecule has 0 fully saturated rings. The molecule has 1 atom stereocenters. The van der Waals surface area contributed by atoms with Gasteiger partial charge in [-0.3, -0.25) is 4.79 Å². The molecule has 1 aromatic heterocycles. The van der Waals surface area contributed by atoms with Gasteiger partial charge in [0.25, 0.3) is 0 Å². The van der Waals surface area contributed by atoms with Crippen LogP contribution in [0.3, 0.4) is 0 Å². The molecule has 0 aromatic carbocycles. The van der Waals surface area contributed by atoms with Crippen LogP contribution in [-0.4, -0.2) is 10.9 Å². The van der Waals surface area contributed by atoms with Gasteiger partial charge in [-0.15, -0.1) is 0 Å². The number of halogens is 1. The quantitative estimate of drug-likeness (QED) is 0.634. The number of hydrogen-bond donors (Lipinski definition) is 1. The summed E-state index contributed by atoms with van der Waals surface area (Å²) >= 11 is 5.74. The van der Waals surface area contributed by atoms with Crippen molar-refractivity contribution in [2.45, 2.75) is 19.3 Å². The summed E-state index contributed by atoms with van der Waals surface area (Å²) < 4.78 is 0. The Morgan fingerprint density at radius 1 is 1.44 bits per heavy atom. The number of allylic oxidation sites excluding steroid dienone is 2. The van der Waals surface area contributed by atoms with E-state index in [9.17, 15) is 4.79 Å². The number of hydrogen-bond acceptors (Lipinski definition) is 2. The van der Waals surface area contributed by atoms with Crippen LogP contribution in [0.15, 0.2) is 30.4 Å². The molecule has 84 valence electrons. The Bertz CT molecular complexity index is 417. The van der Waals surface area contributed by atoms with Gasteiger partial charge >= 0.3 is 0 Å². The number of nitrogens with one attached hydrogen (secondary N) is 1. The van der Waals surface area contributed by atoms with E-state index in [-0.39, 0.29) is 11.8 Å². The maximum atomic E-state index is 11.9. The highest BCUT2D eigenvalue weighted by Gasteiger charge is 2.18. The summed E-state index contributed by atoms with van der Waals surface area (Å²) in [7, 11) is 0. The van der Waals surface area contributed by atoms with E-state index in [0.29, 0.717) is 11.0 Å². The maximum absolute atomic E-state index is 11.9. The SMILES string of the molecule is O=C(Nc1cccc(Cl)n1)C1CC=CCC1. The van der Waals surface area contributed by atoms with E-state index in [0.717, 1.165) is 19.3 Å². The fraction of sp³-hybridized carbons (Fsp3) is 0.333. The van der Waals surface area contributed by atoms with Crippen molar-refractivity contribution in [1.29, 1.82) is 0 Å². The summed E-state index contributed by atoms with van der Waals surface area (Å²) in [5.41, 5.74) is 0. The molecule has 1 aliphatic rings. The molecular weight excluding hydrogens is 224 g/mol. The fourth-order valence-electron chi connectivity index (χ4n) is 1.74. The van der Waals surface area contributed by atoms with E-state index in [1.54, 1.807) is 18.2 Å². The van der Waals surface area contributed by atoms with Gasteiger partial charge in [0.1, 0.15) is 11.0 Å². The Morgan fingerprint density at radius 3 is 3.00 bits per heavy atom. The van der Waals surface area contributed by atoms with Gasteiger partial charge in [-0.2, -0.15) is 0 Å². The number of pyridine rings is 1. The summed E-state index contributed by atoms with van der Waals surface area (Å²) in [6.45, 7) is 0. The summed E-state index contributed by atoms with van der Waals surface area (Å²) in [6, 6.07) is 5.19. The lowest BCUT2D eigenvalue weighted by atomic mass is 9.94. The molecule has 1 amide bonds. The molecule has 0 aliphatic heterocycles. The zero-order valence-electron chi connectivity index (χ0n) is 8.82. The van der Waals surface area contributed by atoms with Crippen LogP contribution in [0.5, 0.6) is 0 Å².